The SMILES string of the molecule is C=CCO[C@@]12Oc3ccc(OCCSc4ccccc4)cc3[C@H]3[C@H](CCCCO)[C@@H](CCCCO)C=C(C(=NOC4CCCCO4)C[C@@H]1N(Cc1ccc(F)cc1)C(=O)OCCCl)[C@H]32. The topological polar surface area (TPSA) is 129 Å². The third-order valence-corrected chi connectivity index (χ3v) is 13.7. The molecule has 14 heteroatoms. The second-order valence-corrected chi connectivity index (χ2v) is 18.3. The number of aliphatic hydroxyl groups is 2. The molecule has 64 heavy (non-hydrogen) atoms. The number of carbonyl (C=O) groups is 1. The van der Waals surface area contributed by atoms with Gasteiger partial charge >= 0.3 is 6.09 Å². The Balaban J connectivity index is 1.39. The van der Waals surface area contributed by atoms with E-state index in [9.17, 15) is 19.4 Å². The van der Waals surface area contributed by atoms with E-state index in [2.05, 4.69) is 30.9 Å². The fraction of sp³-hybridized carbons (Fsp3) is 0.520. The third-order valence-electron chi connectivity index (χ3n) is 12.6. The van der Waals surface area contributed by atoms with Gasteiger partial charge in [0.15, 0.2) is 0 Å². The molecule has 2 heterocycles. The smallest absolute Gasteiger partial charge is 0.410 e. The maximum Gasteiger partial charge on any atom is 0.410 e. The highest BCUT2D eigenvalue weighted by Crippen LogP contribution is 2.62. The molecule has 7 rings (SSSR count). The molecule has 1 saturated heterocycles. The van der Waals surface area contributed by atoms with Crippen LogP contribution in [0.3, 0.4) is 0 Å². The van der Waals surface area contributed by atoms with Gasteiger partial charge in [-0.1, -0.05) is 60.5 Å². The predicted octanol–water partition coefficient (Wildman–Crippen LogP) is 10.0. The Morgan fingerprint density at radius 2 is 1.81 bits per heavy atom. The lowest BCUT2D eigenvalue weighted by atomic mass is 9.55. The number of rotatable bonds is 23. The molecule has 4 aliphatic rings. The molecule has 0 bridgehead atoms. The van der Waals surface area contributed by atoms with Crippen molar-refractivity contribution in [3.8, 4) is 11.5 Å². The quantitative estimate of drug-likeness (QED) is 0.0312. The fourth-order valence-corrected chi connectivity index (χ4v) is 10.6. The first-order chi connectivity index (χ1) is 31.4. The van der Waals surface area contributed by atoms with Crippen LogP contribution in [-0.4, -0.2) is 96.3 Å². The summed E-state index contributed by atoms with van der Waals surface area (Å²) in [4.78, 5) is 23.6. The minimum absolute atomic E-state index is 0.0218. The van der Waals surface area contributed by atoms with E-state index in [0.29, 0.717) is 55.3 Å². The second-order valence-electron chi connectivity index (χ2n) is 16.7. The number of benzene rings is 3. The number of unbranched alkanes of at least 4 members (excludes halogenated alkanes) is 2. The maximum atomic E-state index is 14.5. The van der Waals surface area contributed by atoms with E-state index in [4.69, 9.17) is 45.3 Å². The first-order valence-corrected chi connectivity index (χ1v) is 24.3. The largest absolute Gasteiger partial charge is 0.493 e. The molecular weight excluding hydrogens is 859 g/mol. The van der Waals surface area contributed by atoms with Gasteiger partial charge in [0.1, 0.15) is 30.0 Å². The van der Waals surface area contributed by atoms with Crippen molar-refractivity contribution >= 4 is 35.2 Å². The number of thioether (sulfide) groups is 1. The molecule has 0 aromatic heterocycles. The minimum Gasteiger partial charge on any atom is -0.493 e. The minimum atomic E-state index is -1.52. The standard InChI is InChI=1S/C50H62ClFN2O9S/c1-2-26-61-50-45(54(49(57)60-28-23-51)34-35-17-19-37(52)20-18-35)33-43(53-63-46-16-8-11-27-59-46)41-31-36(12-6-9-24-55)40(15-7-10-25-56)47(48(41)50)42-32-38(21-22-44(42)62-50)58-29-30-64-39-13-4-3-5-14-39/h2-5,13-14,17-22,31-32,36,40,45-48,55-56H,1,6-12,15-16,23-30,33-34H2/t36-,40+,45-,46?,47+,48+,50+/m0/s1. The summed E-state index contributed by atoms with van der Waals surface area (Å²) in [5.41, 5.74) is 3.17. The van der Waals surface area contributed by atoms with Crippen LogP contribution in [0.2, 0.25) is 0 Å². The zero-order valence-corrected chi connectivity index (χ0v) is 38.1. The number of alkyl halides is 1. The average molecular weight is 922 g/mol. The molecular formula is C50H62ClFN2O9S. The number of oxime groups is 1. The second kappa shape index (κ2) is 23.9. The third kappa shape index (κ3) is 11.6. The molecule has 7 atom stereocenters. The van der Waals surface area contributed by atoms with Gasteiger partial charge in [-0.25, -0.2) is 9.18 Å². The van der Waals surface area contributed by atoms with Crippen molar-refractivity contribution in [1.29, 1.82) is 0 Å². The van der Waals surface area contributed by atoms with Crippen molar-refractivity contribution in [3.63, 3.8) is 0 Å². The molecule has 2 fully saturated rings. The lowest BCUT2D eigenvalue weighted by Gasteiger charge is -2.60. The van der Waals surface area contributed by atoms with Gasteiger partial charge in [-0.2, -0.15) is 0 Å². The van der Waals surface area contributed by atoms with E-state index < -0.39 is 35.9 Å². The van der Waals surface area contributed by atoms with Crippen molar-refractivity contribution in [3.05, 3.63) is 114 Å². The van der Waals surface area contributed by atoms with Crippen molar-refractivity contribution in [2.45, 2.75) is 99.7 Å². The molecule has 1 unspecified atom stereocenters. The van der Waals surface area contributed by atoms with Gasteiger partial charge in [-0.15, -0.1) is 29.9 Å². The van der Waals surface area contributed by atoms with Gasteiger partial charge in [0, 0.05) is 54.7 Å². The van der Waals surface area contributed by atoms with E-state index in [1.54, 1.807) is 34.9 Å². The zero-order chi connectivity index (χ0) is 44.7. The van der Waals surface area contributed by atoms with Gasteiger partial charge in [0.25, 0.3) is 0 Å². The molecule has 2 N–H and O–H groups in total. The highest BCUT2D eigenvalue weighted by molar-refractivity contribution is 7.99. The van der Waals surface area contributed by atoms with Gasteiger partial charge < -0.3 is 38.7 Å². The molecule has 3 aromatic rings. The number of ether oxygens (including phenoxy) is 5. The summed E-state index contributed by atoms with van der Waals surface area (Å²) in [6.45, 7) is 5.35. The summed E-state index contributed by atoms with van der Waals surface area (Å²) in [5, 5.41) is 24.9. The Morgan fingerprint density at radius 3 is 2.55 bits per heavy atom. The van der Waals surface area contributed by atoms with E-state index >= 15 is 0 Å². The normalized spacial score (nSPS) is 25.3. The highest BCUT2D eigenvalue weighted by atomic mass is 35.5. The van der Waals surface area contributed by atoms with Crippen LogP contribution in [-0.2, 0) is 25.6 Å². The molecule has 2 aliphatic heterocycles. The predicted molar refractivity (Wildman–Crippen MR) is 246 cm³/mol. The lowest BCUT2D eigenvalue weighted by molar-refractivity contribution is -0.256. The molecule has 0 radical (unpaired) electrons. The Labute approximate surface area is 385 Å². The van der Waals surface area contributed by atoms with Crippen molar-refractivity contribution in [1.82, 2.24) is 4.90 Å². The van der Waals surface area contributed by atoms with Crippen LogP contribution in [0, 0.1) is 23.6 Å². The monoisotopic (exact) mass is 920 g/mol. The number of halogens is 2. The summed E-state index contributed by atoms with van der Waals surface area (Å²) in [6, 6.07) is 21.4. The molecule has 11 nitrogen and oxygen atoms in total. The number of aliphatic hydroxyl groups excluding tert-OH is 2. The Morgan fingerprint density at radius 1 is 1.02 bits per heavy atom. The molecule has 3 aromatic carbocycles. The molecule has 0 spiro atoms. The van der Waals surface area contributed by atoms with Crippen LogP contribution >= 0.6 is 23.4 Å². The Kier molecular flexibility index (Phi) is 17.9. The van der Waals surface area contributed by atoms with Crippen LogP contribution in [0.5, 0.6) is 11.5 Å². The van der Waals surface area contributed by atoms with Gasteiger partial charge in [0.05, 0.1) is 37.3 Å². The summed E-state index contributed by atoms with van der Waals surface area (Å²) >= 11 is 7.82. The van der Waals surface area contributed by atoms with E-state index in [1.165, 1.54) is 17.0 Å². The van der Waals surface area contributed by atoms with Gasteiger partial charge in [-0.3, -0.25) is 4.90 Å². The fourth-order valence-electron chi connectivity index (χ4n) is 9.79. The highest BCUT2D eigenvalue weighted by Gasteiger charge is 2.65. The zero-order valence-electron chi connectivity index (χ0n) is 36.5. The first-order valence-electron chi connectivity index (χ1n) is 22.8. The number of amides is 1. The summed E-state index contributed by atoms with van der Waals surface area (Å²) in [7, 11) is 0. The first kappa shape index (κ1) is 47.8. The summed E-state index contributed by atoms with van der Waals surface area (Å²) in [6.07, 6.45) is 10.0. The number of hydrogen-bond donors (Lipinski definition) is 2. The van der Waals surface area contributed by atoms with E-state index in [0.717, 1.165) is 55.4 Å². The van der Waals surface area contributed by atoms with Crippen LogP contribution in [0.1, 0.15) is 81.3 Å². The van der Waals surface area contributed by atoms with Gasteiger partial charge in [-0.05, 0) is 104 Å². The number of hydrogen-bond acceptors (Lipinski definition) is 11. The van der Waals surface area contributed by atoms with Crippen LogP contribution in [0.25, 0.3) is 0 Å². The molecule has 1 amide bonds. The van der Waals surface area contributed by atoms with E-state index in [1.807, 2.05) is 30.3 Å². The lowest BCUT2D eigenvalue weighted by Crippen LogP contribution is -2.70. The molecule has 346 valence electrons. The van der Waals surface area contributed by atoms with Crippen molar-refractivity contribution in [2.75, 3.05) is 51.3 Å². The summed E-state index contributed by atoms with van der Waals surface area (Å²) < 4.78 is 47.0. The van der Waals surface area contributed by atoms with Crippen LogP contribution in [0.4, 0.5) is 9.18 Å². The van der Waals surface area contributed by atoms with Crippen molar-refractivity contribution in [2.24, 2.45) is 22.9 Å². The number of nitrogens with zero attached hydrogens (tertiary/aromatic N) is 2. The van der Waals surface area contributed by atoms with Crippen molar-refractivity contribution < 1.29 is 47.9 Å². The Hall–Kier alpha value is -4.11. The average Bonchev–Trinajstić information content (AvgIpc) is 3.32. The molecule has 1 saturated carbocycles. The number of fused-ring (bicyclic) bond motifs is 2. The summed E-state index contributed by atoms with van der Waals surface area (Å²) in [5.74, 6) is -0.482. The molecule has 2 aliphatic carbocycles. The number of carbonyl (C=O) groups excluding carboxylic acids is 1. The van der Waals surface area contributed by atoms with Crippen LogP contribution < -0.4 is 9.47 Å². The Bertz CT molecular complexity index is 2020. The van der Waals surface area contributed by atoms with E-state index in [-0.39, 0.29) is 63.0 Å². The maximum absolute atomic E-state index is 14.5. The number of allylic oxidation sites excluding steroid dienone is 1. The van der Waals surface area contributed by atoms with Crippen LogP contribution in [0.15, 0.2) is 107 Å². The van der Waals surface area contributed by atoms with Gasteiger partial charge in [0.2, 0.25) is 12.1 Å².